The van der Waals surface area contributed by atoms with Crippen LogP contribution in [0.2, 0.25) is 0 Å². The number of rotatable bonds is 7. The lowest BCUT2D eigenvalue weighted by atomic mass is 9.86. The van der Waals surface area contributed by atoms with Crippen LogP contribution >= 0.6 is 0 Å². The maximum atomic E-state index is 11.7. The maximum absolute atomic E-state index is 11.7. The van der Waals surface area contributed by atoms with E-state index in [0.717, 1.165) is 25.8 Å². The van der Waals surface area contributed by atoms with E-state index in [9.17, 15) is 4.79 Å². The molecule has 0 heterocycles. The summed E-state index contributed by atoms with van der Waals surface area (Å²) in [6.45, 7) is 3.42. The summed E-state index contributed by atoms with van der Waals surface area (Å²) < 4.78 is 5.39. The van der Waals surface area contributed by atoms with Crippen LogP contribution in [0.5, 0.6) is 0 Å². The number of ether oxygens (including phenoxy) is 1. The molecule has 0 radical (unpaired) electrons. The first-order valence-corrected chi connectivity index (χ1v) is 7.23. The Morgan fingerprint density at radius 3 is 2.68 bits per heavy atom. The number of hydrogen-bond donors (Lipinski definition) is 1. The molecule has 1 aromatic carbocycles. The molecule has 1 unspecified atom stereocenters. The van der Waals surface area contributed by atoms with Crippen molar-refractivity contribution in [3.8, 4) is 0 Å². The molecule has 3 heteroatoms. The zero-order valence-electron chi connectivity index (χ0n) is 11.6. The Bertz CT molecular complexity index is 387. The average molecular weight is 261 g/mol. The van der Waals surface area contributed by atoms with Crippen LogP contribution in [0.3, 0.4) is 0 Å². The van der Waals surface area contributed by atoms with E-state index in [1.165, 1.54) is 12.0 Å². The number of carbonyl (C=O) groups is 1. The van der Waals surface area contributed by atoms with E-state index in [4.69, 9.17) is 4.74 Å². The van der Waals surface area contributed by atoms with Gasteiger partial charge in [0.25, 0.3) is 0 Å². The van der Waals surface area contributed by atoms with Gasteiger partial charge in [0.2, 0.25) is 0 Å². The molecule has 2 rings (SSSR count). The topological polar surface area (TPSA) is 38.3 Å². The largest absolute Gasteiger partial charge is 0.464 e. The second-order valence-electron chi connectivity index (χ2n) is 5.23. The molecule has 1 aromatic rings. The van der Waals surface area contributed by atoms with Crippen molar-refractivity contribution >= 4 is 5.97 Å². The van der Waals surface area contributed by atoms with E-state index in [-0.39, 0.29) is 17.9 Å². The Morgan fingerprint density at radius 1 is 1.37 bits per heavy atom. The van der Waals surface area contributed by atoms with E-state index in [1.807, 2.05) is 18.2 Å². The molecule has 3 nitrogen and oxygen atoms in total. The molecule has 1 saturated carbocycles. The number of nitrogens with one attached hydrogen (secondary N) is 1. The Labute approximate surface area is 115 Å². The second kappa shape index (κ2) is 7.29. The fourth-order valence-corrected chi connectivity index (χ4v) is 2.12. The molecule has 1 N–H and O–H groups in total. The van der Waals surface area contributed by atoms with Crippen LogP contribution in [0, 0.1) is 5.92 Å². The Kier molecular flexibility index (Phi) is 5.40. The first-order valence-electron chi connectivity index (χ1n) is 7.23. The highest BCUT2D eigenvalue weighted by molar-refractivity contribution is 5.73. The lowest BCUT2D eigenvalue weighted by molar-refractivity contribution is -0.152. The molecule has 0 aromatic heterocycles. The van der Waals surface area contributed by atoms with Crippen LogP contribution < -0.4 is 5.32 Å². The summed E-state index contributed by atoms with van der Waals surface area (Å²) in [6, 6.07) is 10.5. The highest BCUT2D eigenvalue weighted by Crippen LogP contribution is 2.27. The zero-order valence-corrected chi connectivity index (χ0v) is 11.6. The van der Waals surface area contributed by atoms with E-state index in [0.29, 0.717) is 6.61 Å². The van der Waals surface area contributed by atoms with Crippen molar-refractivity contribution in [1.29, 1.82) is 0 Å². The van der Waals surface area contributed by atoms with Crippen LogP contribution in [-0.4, -0.2) is 18.6 Å². The van der Waals surface area contributed by atoms with Gasteiger partial charge in [-0.15, -0.1) is 0 Å². The number of benzene rings is 1. The summed E-state index contributed by atoms with van der Waals surface area (Å²) in [6.07, 6.45) is 4.15. The summed E-state index contributed by atoms with van der Waals surface area (Å²) >= 11 is 0. The molecule has 0 saturated heterocycles. The van der Waals surface area contributed by atoms with Gasteiger partial charge in [0, 0.05) is 12.6 Å². The van der Waals surface area contributed by atoms with Crippen molar-refractivity contribution in [3.63, 3.8) is 0 Å². The van der Waals surface area contributed by atoms with Gasteiger partial charge in [-0.1, -0.05) is 43.7 Å². The Balaban J connectivity index is 1.69. The first kappa shape index (κ1) is 14.1. The number of esters is 1. The van der Waals surface area contributed by atoms with Crippen molar-refractivity contribution in [2.24, 2.45) is 5.92 Å². The standard InChI is InChI=1S/C16H23NO2/c1-2-15(12-19-16(18)14-9-6-10-14)17-11-13-7-4-3-5-8-13/h3-5,7-8,14-15,17H,2,6,9-12H2,1H3. The molecular formula is C16H23NO2. The number of hydrogen-bond acceptors (Lipinski definition) is 3. The van der Waals surface area contributed by atoms with Crippen molar-refractivity contribution in [1.82, 2.24) is 5.32 Å². The number of carbonyl (C=O) groups excluding carboxylic acids is 1. The van der Waals surface area contributed by atoms with E-state index < -0.39 is 0 Å². The fraction of sp³-hybridized carbons (Fsp3) is 0.562. The van der Waals surface area contributed by atoms with E-state index >= 15 is 0 Å². The van der Waals surface area contributed by atoms with Gasteiger partial charge in [-0.2, -0.15) is 0 Å². The average Bonchev–Trinajstić information content (AvgIpc) is 2.38. The Morgan fingerprint density at radius 2 is 2.11 bits per heavy atom. The van der Waals surface area contributed by atoms with Crippen LogP contribution in [-0.2, 0) is 16.1 Å². The van der Waals surface area contributed by atoms with Gasteiger partial charge >= 0.3 is 5.97 Å². The molecular weight excluding hydrogens is 238 g/mol. The molecule has 19 heavy (non-hydrogen) atoms. The summed E-state index contributed by atoms with van der Waals surface area (Å²) in [7, 11) is 0. The first-order chi connectivity index (χ1) is 9.29. The van der Waals surface area contributed by atoms with Crippen molar-refractivity contribution in [2.75, 3.05) is 6.61 Å². The highest BCUT2D eigenvalue weighted by atomic mass is 16.5. The minimum Gasteiger partial charge on any atom is -0.464 e. The van der Waals surface area contributed by atoms with Crippen molar-refractivity contribution in [3.05, 3.63) is 35.9 Å². The van der Waals surface area contributed by atoms with Crippen LogP contribution in [0.4, 0.5) is 0 Å². The minimum atomic E-state index is -0.00814. The quantitative estimate of drug-likeness (QED) is 0.767. The van der Waals surface area contributed by atoms with Gasteiger partial charge in [0.15, 0.2) is 0 Å². The van der Waals surface area contributed by atoms with Crippen LogP contribution in [0.25, 0.3) is 0 Å². The molecule has 1 fully saturated rings. The summed E-state index contributed by atoms with van der Waals surface area (Å²) in [5, 5.41) is 3.44. The molecule has 1 atom stereocenters. The van der Waals surface area contributed by atoms with Gasteiger partial charge in [0.05, 0.1) is 5.92 Å². The van der Waals surface area contributed by atoms with Gasteiger partial charge in [-0.3, -0.25) is 4.79 Å². The Hall–Kier alpha value is -1.35. The third-order valence-electron chi connectivity index (χ3n) is 3.80. The monoisotopic (exact) mass is 261 g/mol. The fourth-order valence-electron chi connectivity index (χ4n) is 2.12. The molecule has 1 aliphatic carbocycles. The van der Waals surface area contributed by atoms with Gasteiger partial charge in [-0.05, 0) is 24.8 Å². The molecule has 0 aliphatic heterocycles. The lowest BCUT2D eigenvalue weighted by Gasteiger charge is -2.25. The second-order valence-corrected chi connectivity index (χ2v) is 5.23. The van der Waals surface area contributed by atoms with E-state index in [1.54, 1.807) is 0 Å². The van der Waals surface area contributed by atoms with Crippen molar-refractivity contribution < 1.29 is 9.53 Å². The third-order valence-corrected chi connectivity index (χ3v) is 3.80. The van der Waals surface area contributed by atoms with Crippen LogP contribution in [0.15, 0.2) is 30.3 Å². The molecule has 1 aliphatic rings. The summed E-state index contributed by atoms with van der Waals surface area (Å²) in [5.41, 5.74) is 1.26. The highest BCUT2D eigenvalue weighted by Gasteiger charge is 2.27. The predicted octanol–water partition coefficient (Wildman–Crippen LogP) is 2.90. The smallest absolute Gasteiger partial charge is 0.308 e. The van der Waals surface area contributed by atoms with Gasteiger partial charge < -0.3 is 10.1 Å². The summed E-state index contributed by atoms with van der Waals surface area (Å²) in [4.78, 5) is 11.7. The van der Waals surface area contributed by atoms with Gasteiger partial charge in [-0.25, -0.2) is 0 Å². The van der Waals surface area contributed by atoms with E-state index in [2.05, 4.69) is 24.4 Å². The minimum absolute atomic E-state index is 0.00814. The lowest BCUT2D eigenvalue weighted by Crippen LogP contribution is -2.35. The predicted molar refractivity (Wildman–Crippen MR) is 75.7 cm³/mol. The molecule has 0 bridgehead atoms. The normalized spacial score (nSPS) is 16.7. The zero-order chi connectivity index (χ0) is 13.5. The molecule has 104 valence electrons. The maximum Gasteiger partial charge on any atom is 0.308 e. The molecule has 0 amide bonds. The van der Waals surface area contributed by atoms with Crippen LogP contribution in [0.1, 0.15) is 38.2 Å². The molecule has 0 spiro atoms. The SMILES string of the molecule is CCC(COC(=O)C1CCC1)NCc1ccccc1. The summed E-state index contributed by atoms with van der Waals surface area (Å²) in [5.74, 6) is 0.165. The van der Waals surface area contributed by atoms with Gasteiger partial charge in [0.1, 0.15) is 6.61 Å². The third kappa shape index (κ3) is 4.35. The van der Waals surface area contributed by atoms with Crippen molar-refractivity contribution in [2.45, 2.75) is 45.2 Å².